The van der Waals surface area contributed by atoms with E-state index in [9.17, 15) is 13.2 Å². The standard InChI is InChI=1S/C17H17N3O4S/c1-24-13-4-7-15-12(8-13)9-16(20-15)17(21)19-10-11-2-5-14(6-3-11)25(18,22)23/h2-9,20H,10H2,1H3,(H,19,21)(H2,18,22,23). The van der Waals surface area contributed by atoms with Crippen molar-refractivity contribution in [3.8, 4) is 5.75 Å². The summed E-state index contributed by atoms with van der Waals surface area (Å²) < 4.78 is 27.6. The van der Waals surface area contributed by atoms with Gasteiger partial charge >= 0.3 is 0 Å². The Kier molecular flexibility index (Phi) is 4.47. The van der Waals surface area contributed by atoms with Crippen LogP contribution in [0, 0.1) is 0 Å². The van der Waals surface area contributed by atoms with E-state index in [-0.39, 0.29) is 17.3 Å². The van der Waals surface area contributed by atoms with Crippen LogP contribution in [0.1, 0.15) is 16.1 Å². The van der Waals surface area contributed by atoms with Gasteiger partial charge in [0.15, 0.2) is 0 Å². The van der Waals surface area contributed by atoms with Crippen LogP contribution in [0.2, 0.25) is 0 Å². The van der Waals surface area contributed by atoms with Crippen LogP contribution in [-0.2, 0) is 16.6 Å². The Morgan fingerprint density at radius 3 is 2.52 bits per heavy atom. The molecule has 0 atom stereocenters. The number of fused-ring (bicyclic) bond motifs is 1. The molecule has 25 heavy (non-hydrogen) atoms. The smallest absolute Gasteiger partial charge is 0.267 e. The summed E-state index contributed by atoms with van der Waals surface area (Å²) >= 11 is 0. The first kappa shape index (κ1) is 17.0. The number of carbonyl (C=O) groups excluding carboxylic acids is 1. The zero-order valence-corrected chi connectivity index (χ0v) is 14.3. The molecule has 1 amide bonds. The maximum Gasteiger partial charge on any atom is 0.267 e. The highest BCUT2D eigenvalue weighted by molar-refractivity contribution is 7.89. The minimum atomic E-state index is -3.72. The Morgan fingerprint density at radius 1 is 1.16 bits per heavy atom. The normalized spacial score (nSPS) is 11.4. The average Bonchev–Trinajstić information content (AvgIpc) is 3.02. The zero-order chi connectivity index (χ0) is 18.0. The summed E-state index contributed by atoms with van der Waals surface area (Å²) in [6.45, 7) is 0.266. The molecule has 0 aliphatic heterocycles. The van der Waals surface area contributed by atoms with Crippen LogP contribution in [0.25, 0.3) is 10.9 Å². The SMILES string of the molecule is COc1ccc2[nH]c(C(=O)NCc3ccc(S(N)(=O)=O)cc3)cc2c1. The van der Waals surface area contributed by atoms with Gasteiger partial charge in [-0.15, -0.1) is 0 Å². The van der Waals surface area contributed by atoms with E-state index in [2.05, 4.69) is 10.3 Å². The van der Waals surface area contributed by atoms with Gasteiger partial charge in [-0.05, 0) is 42.0 Å². The van der Waals surface area contributed by atoms with E-state index < -0.39 is 10.0 Å². The molecule has 4 N–H and O–H groups in total. The number of ether oxygens (including phenoxy) is 1. The van der Waals surface area contributed by atoms with Gasteiger partial charge in [-0.1, -0.05) is 12.1 Å². The van der Waals surface area contributed by atoms with Gasteiger partial charge in [0.1, 0.15) is 11.4 Å². The number of nitrogens with one attached hydrogen (secondary N) is 2. The summed E-state index contributed by atoms with van der Waals surface area (Å²) in [5, 5.41) is 8.71. The van der Waals surface area contributed by atoms with Crippen molar-refractivity contribution in [2.24, 2.45) is 5.14 Å². The monoisotopic (exact) mass is 359 g/mol. The van der Waals surface area contributed by atoms with Crippen LogP contribution in [0.4, 0.5) is 0 Å². The molecule has 0 bridgehead atoms. The molecule has 130 valence electrons. The van der Waals surface area contributed by atoms with Crippen molar-refractivity contribution in [1.29, 1.82) is 0 Å². The van der Waals surface area contributed by atoms with Crippen molar-refractivity contribution in [2.45, 2.75) is 11.4 Å². The van der Waals surface area contributed by atoms with Gasteiger partial charge in [0.2, 0.25) is 10.0 Å². The average molecular weight is 359 g/mol. The number of primary sulfonamides is 1. The summed E-state index contributed by atoms with van der Waals surface area (Å²) in [6, 6.07) is 13.3. The van der Waals surface area contributed by atoms with Crippen molar-refractivity contribution in [3.05, 3.63) is 59.8 Å². The molecule has 7 nitrogen and oxygen atoms in total. The molecular formula is C17H17N3O4S. The third-order valence-electron chi connectivity index (χ3n) is 3.78. The fourth-order valence-electron chi connectivity index (χ4n) is 2.43. The molecule has 0 saturated heterocycles. The third-order valence-corrected chi connectivity index (χ3v) is 4.71. The van der Waals surface area contributed by atoms with E-state index in [4.69, 9.17) is 9.88 Å². The molecule has 0 aliphatic carbocycles. The predicted molar refractivity (Wildman–Crippen MR) is 93.8 cm³/mol. The van der Waals surface area contributed by atoms with Gasteiger partial charge in [0.25, 0.3) is 5.91 Å². The van der Waals surface area contributed by atoms with E-state index in [0.717, 1.165) is 16.5 Å². The number of rotatable bonds is 5. The number of hydrogen-bond donors (Lipinski definition) is 3. The lowest BCUT2D eigenvalue weighted by Gasteiger charge is -2.05. The molecule has 0 radical (unpaired) electrons. The Hall–Kier alpha value is -2.84. The second-order valence-electron chi connectivity index (χ2n) is 5.51. The van der Waals surface area contributed by atoms with Gasteiger partial charge < -0.3 is 15.0 Å². The van der Waals surface area contributed by atoms with Gasteiger partial charge in [0, 0.05) is 17.4 Å². The van der Waals surface area contributed by atoms with Crippen LogP contribution < -0.4 is 15.2 Å². The number of aromatic nitrogens is 1. The second-order valence-corrected chi connectivity index (χ2v) is 7.07. The summed E-state index contributed by atoms with van der Waals surface area (Å²) in [5.74, 6) is 0.457. The molecule has 2 aromatic carbocycles. The first-order chi connectivity index (χ1) is 11.9. The lowest BCUT2D eigenvalue weighted by Crippen LogP contribution is -2.23. The van der Waals surface area contributed by atoms with Gasteiger partial charge in [-0.25, -0.2) is 13.6 Å². The molecule has 0 aliphatic rings. The molecule has 3 aromatic rings. The first-order valence-corrected chi connectivity index (χ1v) is 8.98. The van der Waals surface area contributed by atoms with Crippen LogP contribution >= 0.6 is 0 Å². The molecule has 0 unspecified atom stereocenters. The number of sulfonamides is 1. The highest BCUT2D eigenvalue weighted by Gasteiger charge is 2.11. The lowest BCUT2D eigenvalue weighted by atomic mass is 10.2. The Bertz CT molecular complexity index is 1020. The van der Waals surface area contributed by atoms with Crippen LogP contribution in [0.15, 0.2) is 53.4 Å². The minimum Gasteiger partial charge on any atom is -0.497 e. The summed E-state index contributed by atoms with van der Waals surface area (Å²) in [6.07, 6.45) is 0. The number of H-pyrrole nitrogens is 1. The lowest BCUT2D eigenvalue weighted by molar-refractivity contribution is 0.0946. The summed E-state index contributed by atoms with van der Waals surface area (Å²) in [5.41, 5.74) is 2.03. The highest BCUT2D eigenvalue weighted by atomic mass is 32.2. The predicted octanol–water partition coefficient (Wildman–Crippen LogP) is 1.75. The van der Waals surface area contributed by atoms with Gasteiger partial charge in [-0.2, -0.15) is 0 Å². The molecular weight excluding hydrogens is 342 g/mol. The maximum absolute atomic E-state index is 12.3. The maximum atomic E-state index is 12.3. The number of nitrogens with two attached hydrogens (primary N) is 1. The number of hydrogen-bond acceptors (Lipinski definition) is 4. The fourth-order valence-corrected chi connectivity index (χ4v) is 2.95. The molecule has 3 rings (SSSR count). The van der Waals surface area contributed by atoms with Crippen LogP contribution in [-0.4, -0.2) is 26.4 Å². The molecule has 1 aromatic heterocycles. The third kappa shape index (κ3) is 3.81. The zero-order valence-electron chi connectivity index (χ0n) is 13.4. The first-order valence-electron chi connectivity index (χ1n) is 7.43. The van der Waals surface area contributed by atoms with Crippen molar-refractivity contribution < 1.29 is 17.9 Å². The Morgan fingerprint density at radius 2 is 1.88 bits per heavy atom. The van der Waals surface area contributed by atoms with E-state index in [1.807, 2.05) is 18.2 Å². The van der Waals surface area contributed by atoms with E-state index in [1.165, 1.54) is 12.1 Å². The Balaban J connectivity index is 1.70. The Labute approximate surface area is 144 Å². The molecule has 0 saturated carbocycles. The van der Waals surface area contributed by atoms with E-state index >= 15 is 0 Å². The molecule has 0 fully saturated rings. The second kappa shape index (κ2) is 6.58. The number of methoxy groups -OCH3 is 1. The van der Waals surface area contributed by atoms with Gasteiger partial charge in [-0.3, -0.25) is 4.79 Å². The molecule has 0 spiro atoms. The largest absolute Gasteiger partial charge is 0.497 e. The number of benzene rings is 2. The highest BCUT2D eigenvalue weighted by Crippen LogP contribution is 2.21. The van der Waals surface area contributed by atoms with Crippen molar-refractivity contribution >= 4 is 26.8 Å². The minimum absolute atomic E-state index is 0.0344. The molecule has 8 heteroatoms. The topological polar surface area (TPSA) is 114 Å². The van der Waals surface area contributed by atoms with Gasteiger partial charge in [0.05, 0.1) is 12.0 Å². The number of carbonyl (C=O) groups is 1. The van der Waals surface area contributed by atoms with Crippen LogP contribution in [0.5, 0.6) is 5.75 Å². The van der Waals surface area contributed by atoms with Crippen molar-refractivity contribution in [1.82, 2.24) is 10.3 Å². The molecule has 1 heterocycles. The van der Waals surface area contributed by atoms with Crippen molar-refractivity contribution in [3.63, 3.8) is 0 Å². The number of amides is 1. The number of aromatic amines is 1. The van der Waals surface area contributed by atoms with Crippen LogP contribution in [0.3, 0.4) is 0 Å². The quantitative estimate of drug-likeness (QED) is 0.644. The summed E-state index contributed by atoms with van der Waals surface area (Å²) in [7, 11) is -2.13. The van der Waals surface area contributed by atoms with Crippen molar-refractivity contribution in [2.75, 3.05) is 7.11 Å². The summed E-state index contributed by atoms with van der Waals surface area (Å²) in [4.78, 5) is 15.4. The fraction of sp³-hybridized carbons (Fsp3) is 0.118. The van der Waals surface area contributed by atoms with E-state index in [1.54, 1.807) is 25.3 Å². The van der Waals surface area contributed by atoms with E-state index in [0.29, 0.717) is 11.4 Å².